The number of carbonyl (C=O) groups excluding carboxylic acids is 1. The molecule has 100 valence electrons. The summed E-state index contributed by atoms with van der Waals surface area (Å²) in [6.45, 7) is 0. The van der Waals surface area contributed by atoms with Gasteiger partial charge in [0.25, 0.3) is 0 Å². The predicted molar refractivity (Wildman–Crippen MR) is 72.9 cm³/mol. The molecule has 1 aliphatic carbocycles. The first-order valence-corrected chi connectivity index (χ1v) is 7.37. The molecule has 0 bridgehead atoms. The molecular formula is C12H14N4O2S. The van der Waals surface area contributed by atoms with Crippen molar-refractivity contribution in [3.63, 3.8) is 0 Å². The monoisotopic (exact) mass is 278 g/mol. The molecule has 0 aliphatic heterocycles. The van der Waals surface area contributed by atoms with Gasteiger partial charge in [0.2, 0.25) is 5.91 Å². The van der Waals surface area contributed by atoms with Crippen LogP contribution in [0.25, 0.3) is 11.0 Å². The fourth-order valence-corrected chi connectivity index (χ4v) is 2.68. The second kappa shape index (κ2) is 4.65. The van der Waals surface area contributed by atoms with E-state index in [-0.39, 0.29) is 17.7 Å². The smallest absolute Gasteiger partial charge is 0.233 e. The number of benzene rings is 1. The van der Waals surface area contributed by atoms with E-state index in [1.54, 1.807) is 18.2 Å². The molecule has 1 amide bonds. The molecule has 6 nitrogen and oxygen atoms in total. The highest BCUT2D eigenvalue weighted by Crippen LogP contribution is 2.19. The Labute approximate surface area is 112 Å². The maximum atomic E-state index is 12.0. The summed E-state index contributed by atoms with van der Waals surface area (Å²) in [5.41, 5.74) is 7.70. The van der Waals surface area contributed by atoms with Crippen LogP contribution in [-0.2, 0) is 15.6 Å². The van der Waals surface area contributed by atoms with Gasteiger partial charge >= 0.3 is 0 Å². The number of nitrogens with two attached hydrogens (primary N) is 1. The second-order valence-corrected chi connectivity index (χ2v) is 6.02. The Hall–Kier alpha value is -1.89. The van der Waals surface area contributed by atoms with E-state index in [1.807, 2.05) is 0 Å². The maximum Gasteiger partial charge on any atom is 0.233 e. The van der Waals surface area contributed by atoms with E-state index in [4.69, 9.17) is 5.73 Å². The van der Waals surface area contributed by atoms with E-state index in [0.717, 1.165) is 18.4 Å². The molecule has 1 atom stereocenters. The Kier molecular flexibility index (Phi) is 2.98. The zero-order valence-electron chi connectivity index (χ0n) is 10.2. The summed E-state index contributed by atoms with van der Waals surface area (Å²) >= 11 is 0. The SMILES string of the molecule is Nc1ccc2nc(S(=O)CC(=O)NC3CC3)[nH]c2c1. The molecule has 1 aromatic carbocycles. The van der Waals surface area contributed by atoms with Crippen molar-refractivity contribution < 1.29 is 9.00 Å². The Morgan fingerprint density at radius 2 is 2.32 bits per heavy atom. The highest BCUT2D eigenvalue weighted by molar-refractivity contribution is 7.85. The number of imidazole rings is 1. The number of nitrogens with one attached hydrogen (secondary N) is 2. The molecule has 1 heterocycles. The molecule has 2 aromatic rings. The Morgan fingerprint density at radius 3 is 3.05 bits per heavy atom. The number of aromatic nitrogens is 2. The van der Waals surface area contributed by atoms with Gasteiger partial charge in [0.15, 0.2) is 5.16 Å². The molecule has 1 aromatic heterocycles. The van der Waals surface area contributed by atoms with Crippen LogP contribution in [-0.4, -0.2) is 31.9 Å². The van der Waals surface area contributed by atoms with Crippen molar-refractivity contribution in [2.45, 2.75) is 24.0 Å². The van der Waals surface area contributed by atoms with Crippen molar-refractivity contribution in [3.8, 4) is 0 Å². The second-order valence-electron chi connectivity index (χ2n) is 4.65. The van der Waals surface area contributed by atoms with E-state index < -0.39 is 10.8 Å². The van der Waals surface area contributed by atoms with Gasteiger partial charge in [-0.3, -0.25) is 9.00 Å². The third-order valence-electron chi connectivity index (χ3n) is 2.90. The van der Waals surface area contributed by atoms with Gasteiger partial charge in [-0.2, -0.15) is 0 Å². The lowest BCUT2D eigenvalue weighted by atomic mass is 10.3. The van der Waals surface area contributed by atoms with Crippen LogP contribution in [0.1, 0.15) is 12.8 Å². The molecule has 1 fully saturated rings. The minimum Gasteiger partial charge on any atom is -0.399 e. The van der Waals surface area contributed by atoms with Crippen molar-refractivity contribution in [1.29, 1.82) is 0 Å². The Bertz CT molecular complexity index is 663. The van der Waals surface area contributed by atoms with Gasteiger partial charge in [-0.25, -0.2) is 4.98 Å². The van der Waals surface area contributed by atoms with Crippen LogP contribution in [0.5, 0.6) is 0 Å². The molecule has 1 saturated carbocycles. The number of carbonyl (C=O) groups is 1. The number of aromatic amines is 1. The average Bonchev–Trinajstić information content (AvgIpc) is 3.05. The van der Waals surface area contributed by atoms with Crippen LogP contribution in [0.2, 0.25) is 0 Å². The van der Waals surface area contributed by atoms with E-state index in [2.05, 4.69) is 15.3 Å². The third kappa shape index (κ3) is 2.76. The predicted octanol–water partition coefficient (Wildman–Crippen LogP) is 0.531. The van der Waals surface area contributed by atoms with Gasteiger partial charge in [-0.15, -0.1) is 0 Å². The van der Waals surface area contributed by atoms with Gasteiger partial charge < -0.3 is 16.0 Å². The number of nitrogens with zero attached hydrogens (tertiary/aromatic N) is 1. The van der Waals surface area contributed by atoms with Gasteiger partial charge in [-0.05, 0) is 31.0 Å². The standard InChI is InChI=1S/C12H14N4O2S/c13-7-1-4-9-10(5-7)16-12(15-9)19(18)6-11(17)14-8-2-3-8/h1,4-5,8H,2-3,6,13H2,(H,14,17)(H,15,16). The van der Waals surface area contributed by atoms with Crippen LogP contribution >= 0.6 is 0 Å². The number of anilines is 1. The summed E-state index contributed by atoms with van der Waals surface area (Å²) < 4.78 is 12.0. The number of rotatable bonds is 4. The molecule has 19 heavy (non-hydrogen) atoms. The zero-order valence-corrected chi connectivity index (χ0v) is 11.0. The van der Waals surface area contributed by atoms with Crippen molar-refractivity contribution in [3.05, 3.63) is 18.2 Å². The fourth-order valence-electron chi connectivity index (χ4n) is 1.80. The topological polar surface area (TPSA) is 101 Å². The first-order chi connectivity index (χ1) is 9.11. The van der Waals surface area contributed by atoms with E-state index in [1.165, 1.54) is 0 Å². The Morgan fingerprint density at radius 1 is 1.53 bits per heavy atom. The van der Waals surface area contributed by atoms with Gasteiger partial charge in [0.1, 0.15) is 5.75 Å². The van der Waals surface area contributed by atoms with Crippen LogP contribution in [0, 0.1) is 0 Å². The van der Waals surface area contributed by atoms with Crippen LogP contribution in [0.15, 0.2) is 23.4 Å². The highest BCUT2D eigenvalue weighted by atomic mass is 32.2. The van der Waals surface area contributed by atoms with Gasteiger partial charge in [0, 0.05) is 11.7 Å². The number of nitrogen functional groups attached to an aromatic ring is 1. The van der Waals surface area contributed by atoms with Crippen LogP contribution < -0.4 is 11.1 Å². The molecule has 7 heteroatoms. The molecule has 1 aliphatic rings. The fraction of sp³-hybridized carbons (Fsp3) is 0.333. The van der Waals surface area contributed by atoms with Crippen molar-refractivity contribution >= 4 is 33.4 Å². The van der Waals surface area contributed by atoms with Gasteiger partial charge in [0.05, 0.1) is 21.8 Å². The minimum atomic E-state index is -1.46. The number of hydrogen-bond donors (Lipinski definition) is 3. The summed E-state index contributed by atoms with van der Waals surface area (Å²) in [6, 6.07) is 5.50. The first-order valence-electron chi connectivity index (χ1n) is 6.05. The molecule has 3 rings (SSSR count). The van der Waals surface area contributed by atoms with E-state index >= 15 is 0 Å². The minimum absolute atomic E-state index is 0.0637. The Balaban J connectivity index is 1.75. The summed E-state index contributed by atoms with van der Waals surface area (Å²) in [4.78, 5) is 18.7. The number of hydrogen-bond acceptors (Lipinski definition) is 4. The summed E-state index contributed by atoms with van der Waals surface area (Å²) in [5, 5.41) is 3.12. The quantitative estimate of drug-likeness (QED) is 0.710. The molecule has 1 unspecified atom stereocenters. The third-order valence-corrected chi connectivity index (χ3v) is 4.05. The molecular weight excluding hydrogens is 264 g/mol. The lowest BCUT2D eigenvalue weighted by molar-refractivity contribution is -0.118. The lowest BCUT2D eigenvalue weighted by Gasteiger charge is -2.00. The number of amides is 1. The summed E-state index contributed by atoms with van der Waals surface area (Å²) in [5.74, 6) is -0.257. The van der Waals surface area contributed by atoms with Crippen LogP contribution in [0.3, 0.4) is 0 Å². The lowest BCUT2D eigenvalue weighted by Crippen LogP contribution is -2.30. The van der Waals surface area contributed by atoms with Crippen LogP contribution in [0.4, 0.5) is 5.69 Å². The number of H-pyrrole nitrogens is 1. The normalized spacial score (nSPS) is 16.4. The first kappa shape index (κ1) is 12.2. The molecule has 0 saturated heterocycles. The average molecular weight is 278 g/mol. The number of fused-ring (bicyclic) bond motifs is 1. The maximum absolute atomic E-state index is 12.0. The molecule has 0 radical (unpaired) electrons. The molecule has 0 spiro atoms. The van der Waals surface area contributed by atoms with Crippen molar-refractivity contribution in [2.75, 3.05) is 11.5 Å². The summed E-state index contributed by atoms with van der Waals surface area (Å²) in [7, 11) is -1.46. The van der Waals surface area contributed by atoms with Crippen molar-refractivity contribution in [1.82, 2.24) is 15.3 Å². The molecule has 4 N–H and O–H groups in total. The van der Waals surface area contributed by atoms with E-state index in [0.29, 0.717) is 16.4 Å². The van der Waals surface area contributed by atoms with Gasteiger partial charge in [-0.1, -0.05) is 0 Å². The highest BCUT2D eigenvalue weighted by Gasteiger charge is 2.24. The zero-order chi connectivity index (χ0) is 13.4. The van der Waals surface area contributed by atoms with Crippen molar-refractivity contribution in [2.24, 2.45) is 0 Å². The van der Waals surface area contributed by atoms with E-state index in [9.17, 15) is 9.00 Å². The largest absolute Gasteiger partial charge is 0.399 e. The summed E-state index contributed by atoms with van der Waals surface area (Å²) in [6.07, 6.45) is 2.03.